The van der Waals surface area contributed by atoms with Crippen LogP contribution in [-0.4, -0.2) is 23.1 Å². The van der Waals surface area contributed by atoms with Crippen LogP contribution in [0.3, 0.4) is 0 Å². The van der Waals surface area contributed by atoms with Crippen molar-refractivity contribution in [3.63, 3.8) is 0 Å². The van der Waals surface area contributed by atoms with Crippen molar-refractivity contribution in [3.05, 3.63) is 119 Å². The zero-order valence-electron chi connectivity index (χ0n) is 20.1. The number of aromatic nitrogens is 1. The van der Waals surface area contributed by atoms with Gasteiger partial charge in [0.25, 0.3) is 5.91 Å². The molecule has 1 amide bonds. The van der Waals surface area contributed by atoms with E-state index in [1.807, 2.05) is 36.4 Å². The zero-order chi connectivity index (χ0) is 28.4. The van der Waals surface area contributed by atoms with E-state index in [9.17, 15) is 9.59 Å². The van der Waals surface area contributed by atoms with Gasteiger partial charge < -0.3 is 9.72 Å². The summed E-state index contributed by atoms with van der Waals surface area (Å²) < 4.78 is 7.31. The Bertz CT molecular complexity index is 1820. The van der Waals surface area contributed by atoms with Crippen LogP contribution in [0.25, 0.3) is 22.0 Å². The van der Waals surface area contributed by atoms with Crippen LogP contribution in [0.2, 0.25) is 15.1 Å². The average Bonchev–Trinajstić information content (AvgIpc) is 3.28. The number of amides is 1. The highest BCUT2D eigenvalue weighted by Gasteiger charge is 2.21. The minimum Gasteiger partial charge on any atom is -0.422 e. The number of ether oxygens (including phenoxy) is 1. The van der Waals surface area contributed by atoms with Gasteiger partial charge in [-0.2, -0.15) is 5.10 Å². The van der Waals surface area contributed by atoms with E-state index in [1.165, 1.54) is 18.3 Å². The molecule has 200 valence electrons. The second kappa shape index (κ2) is 12.3. The molecule has 6 nitrogen and oxygen atoms in total. The molecular formula is C29H16BrCl3IN3O3. The van der Waals surface area contributed by atoms with Crippen LogP contribution in [0, 0.1) is 3.57 Å². The van der Waals surface area contributed by atoms with Gasteiger partial charge in [0.05, 0.1) is 16.8 Å². The maximum Gasteiger partial charge on any atom is 0.345 e. The number of benzene rings is 4. The van der Waals surface area contributed by atoms with Crippen LogP contribution in [0.1, 0.15) is 26.4 Å². The van der Waals surface area contributed by atoms with Gasteiger partial charge >= 0.3 is 5.97 Å². The lowest BCUT2D eigenvalue weighted by atomic mass is 10.0. The van der Waals surface area contributed by atoms with E-state index in [0.29, 0.717) is 32.4 Å². The number of rotatable bonds is 6. The van der Waals surface area contributed by atoms with E-state index in [2.05, 4.69) is 54.0 Å². The minimum atomic E-state index is -0.667. The fourth-order valence-corrected chi connectivity index (χ4v) is 5.60. The molecule has 0 atom stereocenters. The summed E-state index contributed by atoms with van der Waals surface area (Å²) in [5.74, 6) is -0.923. The minimum absolute atomic E-state index is 0.158. The first-order valence-electron chi connectivity index (χ1n) is 11.6. The Morgan fingerprint density at radius 1 is 0.950 bits per heavy atom. The number of carbonyl (C=O) groups excluding carboxylic acids is 2. The molecule has 0 unspecified atom stereocenters. The molecule has 1 aromatic heterocycles. The van der Waals surface area contributed by atoms with Crippen molar-refractivity contribution in [2.24, 2.45) is 5.10 Å². The average molecular weight is 768 g/mol. The van der Waals surface area contributed by atoms with E-state index in [0.717, 1.165) is 18.9 Å². The highest BCUT2D eigenvalue weighted by molar-refractivity contribution is 14.1. The van der Waals surface area contributed by atoms with Gasteiger partial charge in [-0.25, -0.2) is 10.2 Å². The van der Waals surface area contributed by atoms with Crippen LogP contribution in [-0.2, 0) is 0 Å². The first kappa shape index (κ1) is 28.6. The molecule has 11 heteroatoms. The number of carbonyl (C=O) groups is 2. The Kier molecular flexibility index (Phi) is 8.82. The number of aromatic amines is 1. The van der Waals surface area contributed by atoms with Crippen molar-refractivity contribution >= 4 is 102 Å². The van der Waals surface area contributed by atoms with Gasteiger partial charge in [-0.1, -0.05) is 68.9 Å². The van der Waals surface area contributed by atoms with Crippen molar-refractivity contribution in [1.29, 1.82) is 0 Å². The third kappa shape index (κ3) is 6.21. The number of fused-ring (bicyclic) bond motifs is 1. The third-order valence-electron chi connectivity index (χ3n) is 5.83. The lowest BCUT2D eigenvalue weighted by molar-refractivity contribution is 0.0734. The molecule has 40 heavy (non-hydrogen) atoms. The number of hydrogen-bond acceptors (Lipinski definition) is 4. The van der Waals surface area contributed by atoms with E-state index in [-0.39, 0.29) is 16.3 Å². The zero-order valence-corrected chi connectivity index (χ0v) is 26.2. The van der Waals surface area contributed by atoms with Gasteiger partial charge in [0.1, 0.15) is 11.4 Å². The van der Waals surface area contributed by atoms with Gasteiger partial charge in [0.2, 0.25) is 0 Å². The summed E-state index contributed by atoms with van der Waals surface area (Å²) >= 11 is 24.2. The summed E-state index contributed by atoms with van der Waals surface area (Å²) in [4.78, 5) is 29.3. The standard InChI is InChI=1S/C29H16BrCl3IN3O3/c30-16-5-10-25(40-29(39)20-8-6-17(31)12-23(20)33)15(11-16)14-35-37-28(38)27-26(19-3-1-2-4-22(19)32)21-13-18(34)7-9-24(21)36-27/h1-14,36H,(H,37,38). The summed E-state index contributed by atoms with van der Waals surface area (Å²) in [6, 6.07) is 22.7. The van der Waals surface area contributed by atoms with Gasteiger partial charge in [-0.3, -0.25) is 4.79 Å². The SMILES string of the molecule is O=C(Oc1ccc(Br)cc1C=NNC(=O)c1[nH]c2ccc(I)cc2c1-c1ccccc1Cl)c1ccc(Cl)cc1Cl. The number of nitrogens with one attached hydrogen (secondary N) is 2. The molecule has 0 spiro atoms. The molecule has 5 aromatic rings. The molecule has 2 N–H and O–H groups in total. The van der Waals surface area contributed by atoms with Crippen LogP contribution >= 0.6 is 73.3 Å². The largest absolute Gasteiger partial charge is 0.422 e. The molecule has 0 aliphatic rings. The predicted octanol–water partition coefficient (Wildman–Crippen LogP) is 9.15. The maximum absolute atomic E-state index is 13.4. The van der Waals surface area contributed by atoms with Crippen molar-refractivity contribution in [2.45, 2.75) is 0 Å². The molecule has 5 rings (SSSR count). The van der Waals surface area contributed by atoms with Crippen LogP contribution < -0.4 is 10.2 Å². The number of esters is 1. The number of nitrogens with zero attached hydrogens (tertiary/aromatic N) is 1. The molecule has 0 fully saturated rings. The summed E-state index contributed by atoms with van der Waals surface area (Å²) in [6.07, 6.45) is 1.38. The summed E-state index contributed by atoms with van der Waals surface area (Å²) in [6.45, 7) is 0. The molecule has 4 aromatic carbocycles. The van der Waals surface area contributed by atoms with Crippen molar-refractivity contribution in [1.82, 2.24) is 10.4 Å². The summed E-state index contributed by atoms with van der Waals surface area (Å²) in [5, 5.41) is 6.08. The number of halogens is 5. The van der Waals surface area contributed by atoms with Gasteiger partial charge in [0.15, 0.2) is 0 Å². The molecule has 0 radical (unpaired) electrons. The molecule has 1 heterocycles. The smallest absolute Gasteiger partial charge is 0.345 e. The van der Waals surface area contributed by atoms with Gasteiger partial charge in [-0.05, 0) is 83.3 Å². The van der Waals surface area contributed by atoms with Crippen LogP contribution in [0.5, 0.6) is 5.75 Å². The first-order chi connectivity index (χ1) is 19.2. The van der Waals surface area contributed by atoms with Crippen molar-refractivity contribution in [3.8, 4) is 16.9 Å². The predicted molar refractivity (Wildman–Crippen MR) is 172 cm³/mol. The summed E-state index contributed by atoms with van der Waals surface area (Å²) in [7, 11) is 0. The highest BCUT2D eigenvalue weighted by atomic mass is 127. The van der Waals surface area contributed by atoms with Gasteiger partial charge in [0, 0.05) is 45.7 Å². The molecule has 0 aliphatic carbocycles. The third-order valence-corrected chi connectivity index (χ3v) is 7.87. The number of H-pyrrole nitrogens is 1. The normalized spacial score (nSPS) is 11.2. The number of hydrazone groups is 1. The van der Waals surface area contributed by atoms with E-state index in [1.54, 1.807) is 30.3 Å². The fourth-order valence-electron chi connectivity index (χ4n) is 4.02. The Morgan fingerprint density at radius 2 is 1.75 bits per heavy atom. The first-order valence-corrected chi connectivity index (χ1v) is 14.6. The molecule has 0 bridgehead atoms. The van der Waals surface area contributed by atoms with Crippen LogP contribution in [0.4, 0.5) is 0 Å². The maximum atomic E-state index is 13.4. The molecule has 0 saturated carbocycles. The monoisotopic (exact) mass is 765 g/mol. The highest BCUT2D eigenvalue weighted by Crippen LogP contribution is 2.37. The van der Waals surface area contributed by atoms with E-state index < -0.39 is 11.9 Å². The van der Waals surface area contributed by atoms with E-state index in [4.69, 9.17) is 39.5 Å². The van der Waals surface area contributed by atoms with E-state index >= 15 is 0 Å². The topological polar surface area (TPSA) is 83.5 Å². The molecule has 0 aliphatic heterocycles. The second-order valence-electron chi connectivity index (χ2n) is 8.44. The van der Waals surface area contributed by atoms with Crippen molar-refractivity contribution in [2.75, 3.05) is 0 Å². The Labute approximate surface area is 265 Å². The Balaban J connectivity index is 1.43. The van der Waals surface area contributed by atoms with Gasteiger partial charge in [-0.15, -0.1) is 0 Å². The Morgan fingerprint density at radius 3 is 2.52 bits per heavy atom. The Hall–Kier alpha value is -2.89. The molecule has 0 saturated heterocycles. The lowest BCUT2D eigenvalue weighted by Crippen LogP contribution is -2.19. The fraction of sp³-hybridized carbons (Fsp3) is 0. The summed E-state index contributed by atoms with van der Waals surface area (Å²) in [5.41, 5.74) is 5.63. The quantitative estimate of drug-likeness (QED) is 0.0595. The van der Waals surface area contributed by atoms with Crippen LogP contribution in [0.15, 0.2) is 88.4 Å². The second-order valence-corrected chi connectivity index (χ2v) is 11.9. The lowest BCUT2D eigenvalue weighted by Gasteiger charge is -2.09. The van der Waals surface area contributed by atoms with Crippen molar-refractivity contribution < 1.29 is 14.3 Å². The number of hydrogen-bond donors (Lipinski definition) is 2. The molecular weight excluding hydrogens is 752 g/mol.